The van der Waals surface area contributed by atoms with Crippen LogP contribution >= 0.6 is 12.6 Å². The zero-order valence-corrected chi connectivity index (χ0v) is 18.2. The van der Waals surface area contributed by atoms with Crippen molar-refractivity contribution in [1.82, 2.24) is 15.6 Å². The molecule has 168 valence electrons. The molecule has 3 rings (SSSR count). The Kier molecular flexibility index (Phi) is 7.91. The van der Waals surface area contributed by atoms with E-state index in [1.807, 2.05) is 54.6 Å². The fourth-order valence-electron chi connectivity index (χ4n) is 3.41. The first-order chi connectivity index (χ1) is 15.4. The molecule has 0 saturated heterocycles. The lowest BCUT2D eigenvalue weighted by atomic mass is 10.0. The Morgan fingerprint density at radius 3 is 2.28 bits per heavy atom. The molecular formula is C23H26N4O4S. The Labute approximate surface area is 191 Å². The van der Waals surface area contributed by atoms with Gasteiger partial charge in [-0.15, -0.1) is 0 Å². The number of carboxylic acids is 1. The predicted molar refractivity (Wildman–Crippen MR) is 125 cm³/mol. The van der Waals surface area contributed by atoms with Gasteiger partial charge in [0.15, 0.2) is 0 Å². The maximum Gasteiger partial charge on any atom is 0.326 e. The third-order valence-corrected chi connectivity index (χ3v) is 5.56. The molecule has 0 aliphatic heterocycles. The zero-order valence-electron chi connectivity index (χ0n) is 17.3. The van der Waals surface area contributed by atoms with E-state index in [1.165, 1.54) is 0 Å². The molecule has 0 spiro atoms. The van der Waals surface area contributed by atoms with Crippen molar-refractivity contribution in [3.8, 4) is 0 Å². The minimum atomic E-state index is -1.17. The average molecular weight is 455 g/mol. The van der Waals surface area contributed by atoms with E-state index >= 15 is 0 Å². The lowest BCUT2D eigenvalue weighted by Crippen LogP contribution is -2.55. The summed E-state index contributed by atoms with van der Waals surface area (Å²) in [6, 6.07) is 13.6. The number of aliphatic carboxylic acids is 1. The van der Waals surface area contributed by atoms with Crippen LogP contribution in [-0.2, 0) is 27.2 Å². The third kappa shape index (κ3) is 5.89. The van der Waals surface area contributed by atoms with Crippen molar-refractivity contribution < 1.29 is 19.5 Å². The van der Waals surface area contributed by atoms with Gasteiger partial charge in [-0.05, 0) is 17.2 Å². The maximum atomic E-state index is 13.0. The van der Waals surface area contributed by atoms with Crippen molar-refractivity contribution >= 4 is 41.3 Å². The highest BCUT2D eigenvalue weighted by atomic mass is 32.1. The van der Waals surface area contributed by atoms with Gasteiger partial charge >= 0.3 is 5.97 Å². The summed E-state index contributed by atoms with van der Waals surface area (Å²) in [7, 11) is 0. The molecule has 9 heteroatoms. The number of H-pyrrole nitrogens is 1. The summed E-state index contributed by atoms with van der Waals surface area (Å²) in [5, 5.41) is 15.8. The number of benzene rings is 2. The SMILES string of the molecule is NC(CS)C(=O)NC(Cc1ccccc1)C(=O)NC(Cc1c[nH]c2ccccc12)C(=O)O. The number of carboxylic acid groups (broad SMARTS) is 1. The topological polar surface area (TPSA) is 137 Å². The van der Waals surface area contributed by atoms with Crippen molar-refractivity contribution in [2.75, 3.05) is 5.75 Å². The second kappa shape index (κ2) is 10.8. The second-order valence-electron chi connectivity index (χ2n) is 7.50. The molecule has 1 heterocycles. The molecule has 6 N–H and O–H groups in total. The minimum Gasteiger partial charge on any atom is -0.480 e. The van der Waals surface area contributed by atoms with Gasteiger partial charge in [0.25, 0.3) is 0 Å². The van der Waals surface area contributed by atoms with Gasteiger partial charge in [0.2, 0.25) is 11.8 Å². The smallest absolute Gasteiger partial charge is 0.326 e. The first-order valence-electron chi connectivity index (χ1n) is 10.2. The van der Waals surface area contributed by atoms with E-state index in [-0.39, 0.29) is 18.6 Å². The number of nitrogens with two attached hydrogens (primary N) is 1. The third-order valence-electron chi connectivity index (χ3n) is 5.16. The normalized spacial score (nSPS) is 13.8. The van der Waals surface area contributed by atoms with Crippen LogP contribution in [0.25, 0.3) is 10.9 Å². The van der Waals surface area contributed by atoms with Crippen LogP contribution in [0.4, 0.5) is 0 Å². The first kappa shape index (κ1) is 23.4. The number of hydrogen-bond acceptors (Lipinski definition) is 5. The molecule has 0 saturated carbocycles. The van der Waals surface area contributed by atoms with E-state index in [0.29, 0.717) is 0 Å². The van der Waals surface area contributed by atoms with Crippen LogP contribution in [0.5, 0.6) is 0 Å². The number of amides is 2. The molecule has 1 aromatic heterocycles. The number of thiol groups is 1. The Morgan fingerprint density at radius 1 is 0.938 bits per heavy atom. The Hall–Kier alpha value is -3.30. The van der Waals surface area contributed by atoms with Crippen LogP contribution in [0.3, 0.4) is 0 Å². The van der Waals surface area contributed by atoms with E-state index in [0.717, 1.165) is 22.0 Å². The van der Waals surface area contributed by atoms with Crippen LogP contribution in [0, 0.1) is 0 Å². The number of fused-ring (bicyclic) bond motifs is 1. The number of carbonyl (C=O) groups is 3. The molecule has 0 bridgehead atoms. The second-order valence-corrected chi connectivity index (χ2v) is 7.87. The van der Waals surface area contributed by atoms with E-state index in [4.69, 9.17) is 5.73 Å². The van der Waals surface area contributed by atoms with Crippen molar-refractivity contribution in [2.24, 2.45) is 5.73 Å². The maximum absolute atomic E-state index is 13.0. The Morgan fingerprint density at radius 2 is 1.59 bits per heavy atom. The molecule has 3 atom stereocenters. The van der Waals surface area contributed by atoms with Gasteiger partial charge in [-0.2, -0.15) is 12.6 Å². The van der Waals surface area contributed by atoms with Crippen molar-refractivity contribution in [3.63, 3.8) is 0 Å². The number of rotatable bonds is 10. The highest BCUT2D eigenvalue weighted by Crippen LogP contribution is 2.19. The van der Waals surface area contributed by atoms with Crippen LogP contribution in [-0.4, -0.2) is 51.8 Å². The molecule has 0 aliphatic carbocycles. The van der Waals surface area contributed by atoms with E-state index in [2.05, 4.69) is 28.2 Å². The van der Waals surface area contributed by atoms with Crippen LogP contribution in [0.2, 0.25) is 0 Å². The molecule has 3 aromatic rings. The summed E-state index contributed by atoms with van der Waals surface area (Å²) in [6.07, 6.45) is 2.02. The average Bonchev–Trinajstić information content (AvgIpc) is 3.21. The molecule has 8 nitrogen and oxygen atoms in total. The van der Waals surface area contributed by atoms with Crippen molar-refractivity contribution in [3.05, 3.63) is 71.9 Å². The zero-order chi connectivity index (χ0) is 23.1. The predicted octanol–water partition coefficient (Wildman–Crippen LogP) is 1.26. The Balaban J connectivity index is 1.78. The van der Waals surface area contributed by atoms with Crippen molar-refractivity contribution in [2.45, 2.75) is 31.0 Å². The van der Waals surface area contributed by atoms with Gasteiger partial charge in [-0.1, -0.05) is 48.5 Å². The van der Waals surface area contributed by atoms with Gasteiger partial charge in [-0.3, -0.25) is 9.59 Å². The number of para-hydroxylation sites is 1. The summed E-state index contributed by atoms with van der Waals surface area (Å²) < 4.78 is 0. The summed E-state index contributed by atoms with van der Waals surface area (Å²) in [5.41, 5.74) is 8.20. The lowest BCUT2D eigenvalue weighted by molar-refractivity contribution is -0.142. The molecular weight excluding hydrogens is 428 g/mol. The molecule has 3 unspecified atom stereocenters. The van der Waals surface area contributed by atoms with Gasteiger partial charge in [-0.25, -0.2) is 4.79 Å². The highest BCUT2D eigenvalue weighted by molar-refractivity contribution is 7.80. The molecule has 0 fully saturated rings. The van der Waals surface area contributed by atoms with Crippen LogP contribution < -0.4 is 16.4 Å². The van der Waals surface area contributed by atoms with E-state index < -0.39 is 35.9 Å². The summed E-state index contributed by atoms with van der Waals surface area (Å²) in [5.74, 6) is -2.18. The number of aromatic nitrogens is 1. The molecule has 2 amide bonds. The Bertz CT molecular complexity index is 1090. The van der Waals surface area contributed by atoms with Gasteiger partial charge in [0.1, 0.15) is 12.1 Å². The van der Waals surface area contributed by atoms with Gasteiger partial charge < -0.3 is 26.5 Å². The quantitative estimate of drug-likeness (QED) is 0.256. The van der Waals surface area contributed by atoms with Gasteiger partial charge in [0, 0.05) is 35.7 Å². The van der Waals surface area contributed by atoms with E-state index in [9.17, 15) is 19.5 Å². The molecule has 0 radical (unpaired) electrons. The number of hydrogen-bond donors (Lipinski definition) is 6. The standard InChI is InChI=1S/C23H26N4O4S/c24-17(13-32)21(28)26-19(10-14-6-2-1-3-7-14)22(29)27-20(23(30)31)11-15-12-25-18-9-5-4-8-16(15)18/h1-9,12,17,19-20,25,32H,10-11,13,24H2,(H,26,28)(H,27,29)(H,30,31). The monoisotopic (exact) mass is 454 g/mol. The first-order valence-corrected chi connectivity index (χ1v) is 10.8. The van der Waals surface area contributed by atoms with Crippen molar-refractivity contribution in [1.29, 1.82) is 0 Å². The summed E-state index contributed by atoms with van der Waals surface area (Å²) >= 11 is 4.02. The summed E-state index contributed by atoms with van der Waals surface area (Å²) in [6.45, 7) is 0. The molecule has 32 heavy (non-hydrogen) atoms. The van der Waals surface area contributed by atoms with Crippen LogP contribution in [0.1, 0.15) is 11.1 Å². The van der Waals surface area contributed by atoms with Crippen LogP contribution in [0.15, 0.2) is 60.8 Å². The largest absolute Gasteiger partial charge is 0.480 e. The summed E-state index contributed by atoms with van der Waals surface area (Å²) in [4.78, 5) is 40.4. The lowest BCUT2D eigenvalue weighted by Gasteiger charge is -2.23. The fraction of sp³-hybridized carbons (Fsp3) is 0.261. The van der Waals surface area contributed by atoms with E-state index in [1.54, 1.807) is 6.20 Å². The highest BCUT2D eigenvalue weighted by Gasteiger charge is 2.28. The number of aromatic amines is 1. The molecule has 2 aromatic carbocycles. The number of carbonyl (C=O) groups excluding carboxylic acids is 2. The minimum absolute atomic E-state index is 0.0905. The van der Waals surface area contributed by atoms with Gasteiger partial charge in [0.05, 0.1) is 6.04 Å². The molecule has 0 aliphatic rings. The fourth-order valence-corrected chi connectivity index (χ4v) is 3.58. The number of nitrogens with one attached hydrogen (secondary N) is 3.